The van der Waals surface area contributed by atoms with E-state index in [0.717, 1.165) is 11.7 Å². The smallest absolute Gasteiger partial charge is 0.0201 e. The largest absolute Gasteiger partial charge is 0.316 e. The third-order valence-corrected chi connectivity index (χ3v) is 4.23. The second kappa shape index (κ2) is 6.50. The van der Waals surface area contributed by atoms with E-state index in [0.29, 0.717) is 6.04 Å². The van der Waals surface area contributed by atoms with Gasteiger partial charge in [0.2, 0.25) is 0 Å². The van der Waals surface area contributed by atoms with Crippen LogP contribution < -0.4 is 5.32 Å². The summed E-state index contributed by atoms with van der Waals surface area (Å²) >= 11 is 2.15. The van der Waals surface area contributed by atoms with Gasteiger partial charge in [0.15, 0.2) is 0 Å². The van der Waals surface area contributed by atoms with E-state index in [9.17, 15) is 0 Å². The summed E-state index contributed by atoms with van der Waals surface area (Å²) in [4.78, 5) is 0. The number of thioether (sulfide) groups is 1. The predicted molar refractivity (Wildman–Crippen MR) is 62.4 cm³/mol. The van der Waals surface area contributed by atoms with E-state index in [1.807, 2.05) is 6.08 Å². The Morgan fingerprint density at radius 2 is 2.46 bits per heavy atom. The highest BCUT2D eigenvalue weighted by Crippen LogP contribution is 2.28. The summed E-state index contributed by atoms with van der Waals surface area (Å²) in [5.74, 6) is 1.36. The van der Waals surface area contributed by atoms with Gasteiger partial charge >= 0.3 is 0 Å². The molecule has 0 aromatic rings. The molecule has 1 saturated heterocycles. The molecule has 76 valence electrons. The Kier molecular flexibility index (Phi) is 5.56. The molecule has 0 spiro atoms. The van der Waals surface area contributed by atoms with Crippen molar-refractivity contribution in [3.8, 4) is 0 Å². The van der Waals surface area contributed by atoms with Crippen LogP contribution in [0.5, 0.6) is 0 Å². The van der Waals surface area contributed by atoms with E-state index in [4.69, 9.17) is 0 Å². The quantitative estimate of drug-likeness (QED) is 0.683. The molecule has 0 aromatic heterocycles. The summed E-state index contributed by atoms with van der Waals surface area (Å²) < 4.78 is 0. The van der Waals surface area contributed by atoms with Gasteiger partial charge in [-0.25, -0.2) is 0 Å². The van der Waals surface area contributed by atoms with Gasteiger partial charge in [-0.15, -0.1) is 6.58 Å². The Balaban J connectivity index is 2.29. The average molecular weight is 199 g/mol. The third-order valence-electron chi connectivity index (χ3n) is 2.72. The van der Waals surface area contributed by atoms with Gasteiger partial charge in [0.05, 0.1) is 0 Å². The number of rotatable bonds is 5. The summed E-state index contributed by atoms with van der Waals surface area (Å²) in [5.41, 5.74) is 0. The van der Waals surface area contributed by atoms with E-state index in [1.54, 1.807) is 0 Å². The summed E-state index contributed by atoms with van der Waals surface area (Å²) in [5, 5.41) is 4.28. The SMILES string of the molecule is C=CCCC(NC)C1CCCCS1. The molecule has 2 heteroatoms. The molecule has 0 aromatic carbocycles. The minimum Gasteiger partial charge on any atom is -0.316 e. The third kappa shape index (κ3) is 3.74. The summed E-state index contributed by atoms with van der Waals surface area (Å²) in [6, 6.07) is 0.697. The van der Waals surface area contributed by atoms with Crippen LogP contribution in [0.1, 0.15) is 32.1 Å². The molecule has 0 aliphatic carbocycles. The summed E-state index contributed by atoms with van der Waals surface area (Å²) in [6.07, 6.45) is 8.65. The van der Waals surface area contributed by atoms with Gasteiger partial charge in [-0.2, -0.15) is 11.8 Å². The molecule has 13 heavy (non-hydrogen) atoms. The highest BCUT2D eigenvalue weighted by atomic mass is 32.2. The summed E-state index contributed by atoms with van der Waals surface area (Å²) in [7, 11) is 2.09. The van der Waals surface area contributed by atoms with Crippen LogP contribution in [-0.2, 0) is 0 Å². The maximum absolute atomic E-state index is 3.78. The molecule has 1 aliphatic heterocycles. The molecule has 1 N–H and O–H groups in total. The maximum Gasteiger partial charge on any atom is 0.0201 e. The molecule has 1 heterocycles. The fraction of sp³-hybridized carbons (Fsp3) is 0.818. The standard InChI is InChI=1S/C11H21NS/c1-3-4-7-10(12-2)11-8-5-6-9-13-11/h3,10-12H,1,4-9H2,2H3. The van der Waals surface area contributed by atoms with Gasteiger partial charge in [0.25, 0.3) is 0 Å². The van der Waals surface area contributed by atoms with E-state index >= 15 is 0 Å². The van der Waals surface area contributed by atoms with E-state index < -0.39 is 0 Å². The molecule has 1 fully saturated rings. The molecule has 1 nitrogen and oxygen atoms in total. The monoisotopic (exact) mass is 199 g/mol. The number of hydrogen-bond acceptors (Lipinski definition) is 2. The van der Waals surface area contributed by atoms with Crippen molar-refractivity contribution < 1.29 is 0 Å². The molecular weight excluding hydrogens is 178 g/mol. The molecule has 0 amide bonds. The lowest BCUT2D eigenvalue weighted by Gasteiger charge is -2.29. The lowest BCUT2D eigenvalue weighted by Crippen LogP contribution is -2.36. The minimum absolute atomic E-state index is 0.697. The van der Waals surface area contributed by atoms with Crippen molar-refractivity contribution in [2.24, 2.45) is 0 Å². The van der Waals surface area contributed by atoms with Crippen molar-refractivity contribution in [1.82, 2.24) is 5.32 Å². The molecule has 2 atom stereocenters. The number of hydrogen-bond donors (Lipinski definition) is 1. The highest BCUT2D eigenvalue weighted by molar-refractivity contribution is 8.00. The highest BCUT2D eigenvalue weighted by Gasteiger charge is 2.21. The van der Waals surface area contributed by atoms with Crippen LogP contribution in [0.4, 0.5) is 0 Å². The first-order chi connectivity index (χ1) is 6.38. The van der Waals surface area contributed by atoms with E-state index in [-0.39, 0.29) is 0 Å². The van der Waals surface area contributed by atoms with Gasteiger partial charge in [0, 0.05) is 11.3 Å². The second-order valence-corrected chi connectivity index (χ2v) is 5.01. The topological polar surface area (TPSA) is 12.0 Å². The van der Waals surface area contributed by atoms with Crippen LogP contribution in [0.2, 0.25) is 0 Å². The lowest BCUT2D eigenvalue weighted by molar-refractivity contribution is 0.473. The van der Waals surface area contributed by atoms with Crippen molar-refractivity contribution >= 4 is 11.8 Å². The van der Waals surface area contributed by atoms with Crippen LogP contribution in [-0.4, -0.2) is 24.1 Å². The first-order valence-electron chi connectivity index (χ1n) is 5.28. The van der Waals surface area contributed by atoms with Gasteiger partial charge in [0.1, 0.15) is 0 Å². The predicted octanol–water partition coefficient (Wildman–Crippen LogP) is 2.83. The number of nitrogens with one attached hydrogen (secondary N) is 1. The summed E-state index contributed by atoms with van der Waals surface area (Å²) in [6.45, 7) is 3.78. The van der Waals surface area contributed by atoms with Crippen molar-refractivity contribution in [3.05, 3.63) is 12.7 Å². The Labute approximate surface area is 86.4 Å². The lowest BCUT2D eigenvalue weighted by atomic mass is 10.0. The normalized spacial score (nSPS) is 25.5. The zero-order chi connectivity index (χ0) is 9.52. The maximum atomic E-state index is 3.78. The second-order valence-electron chi connectivity index (χ2n) is 3.67. The Bertz CT molecular complexity index is 141. The van der Waals surface area contributed by atoms with Crippen LogP contribution >= 0.6 is 11.8 Å². The first kappa shape index (κ1) is 11.1. The minimum atomic E-state index is 0.697. The molecule has 0 radical (unpaired) electrons. The fourth-order valence-electron chi connectivity index (χ4n) is 1.90. The van der Waals surface area contributed by atoms with Gasteiger partial charge in [-0.1, -0.05) is 12.5 Å². The van der Waals surface area contributed by atoms with Crippen LogP contribution in [0.25, 0.3) is 0 Å². The fourth-order valence-corrected chi connectivity index (χ4v) is 3.41. The van der Waals surface area contributed by atoms with Crippen LogP contribution in [0.3, 0.4) is 0 Å². The van der Waals surface area contributed by atoms with Crippen molar-refractivity contribution in [3.63, 3.8) is 0 Å². The molecule has 1 rings (SSSR count). The van der Waals surface area contributed by atoms with E-state index in [2.05, 4.69) is 30.7 Å². The Morgan fingerprint density at radius 1 is 1.62 bits per heavy atom. The van der Waals surface area contributed by atoms with Crippen molar-refractivity contribution in [2.75, 3.05) is 12.8 Å². The van der Waals surface area contributed by atoms with Crippen LogP contribution in [0, 0.1) is 0 Å². The molecule has 2 unspecified atom stereocenters. The van der Waals surface area contributed by atoms with Gasteiger partial charge in [-0.05, 0) is 38.5 Å². The first-order valence-corrected chi connectivity index (χ1v) is 6.33. The van der Waals surface area contributed by atoms with Crippen molar-refractivity contribution in [1.29, 1.82) is 0 Å². The van der Waals surface area contributed by atoms with Crippen LogP contribution in [0.15, 0.2) is 12.7 Å². The van der Waals surface area contributed by atoms with E-state index in [1.165, 1.54) is 31.4 Å². The van der Waals surface area contributed by atoms with Gasteiger partial charge in [-0.3, -0.25) is 0 Å². The zero-order valence-electron chi connectivity index (χ0n) is 8.59. The zero-order valence-corrected chi connectivity index (χ0v) is 9.41. The molecule has 0 saturated carbocycles. The molecular formula is C11H21NS. The molecule has 0 bridgehead atoms. The number of allylic oxidation sites excluding steroid dienone is 1. The van der Waals surface area contributed by atoms with Crippen molar-refractivity contribution in [2.45, 2.75) is 43.4 Å². The molecule has 1 aliphatic rings. The average Bonchev–Trinajstić information content (AvgIpc) is 2.21. The Hall–Kier alpha value is 0.0500. The Morgan fingerprint density at radius 3 is 3.00 bits per heavy atom. The van der Waals surface area contributed by atoms with Gasteiger partial charge < -0.3 is 5.32 Å².